The van der Waals surface area contributed by atoms with Crippen molar-refractivity contribution in [3.63, 3.8) is 0 Å². The number of benzene rings is 1. The van der Waals surface area contributed by atoms with Gasteiger partial charge in [0.15, 0.2) is 0 Å². The van der Waals surface area contributed by atoms with Crippen molar-refractivity contribution in [1.82, 2.24) is 5.32 Å². The van der Waals surface area contributed by atoms with E-state index >= 15 is 0 Å². The predicted octanol–water partition coefficient (Wildman–Crippen LogP) is 3.01. The average Bonchev–Trinajstić information content (AvgIpc) is 2.40. The van der Waals surface area contributed by atoms with Gasteiger partial charge in [-0.2, -0.15) is 0 Å². The molecular weight excluding hydrogens is 321 g/mol. The van der Waals surface area contributed by atoms with Crippen LogP contribution in [-0.2, 0) is 0 Å². The van der Waals surface area contributed by atoms with Gasteiger partial charge < -0.3 is 15.8 Å². The summed E-state index contributed by atoms with van der Waals surface area (Å²) in [4.78, 5) is 12.0. The van der Waals surface area contributed by atoms with Crippen LogP contribution in [0.1, 0.15) is 36.0 Å². The molecule has 124 valence electrons. The minimum atomic E-state index is -4.77. The number of hydrogen-bond donors (Lipinski definition) is 2. The Labute approximate surface area is 132 Å². The third-order valence-electron chi connectivity index (χ3n) is 3.44. The summed E-state index contributed by atoms with van der Waals surface area (Å²) in [5, 5.41) is 2.81. The smallest absolute Gasteiger partial charge is 0.406 e. The molecule has 22 heavy (non-hydrogen) atoms. The van der Waals surface area contributed by atoms with E-state index in [9.17, 15) is 18.0 Å². The molecule has 0 heterocycles. The standard InChI is InChI=1S/C14H17F3N2O2.ClH/c15-14(16,17)21-12-3-1-2-9(8-12)13(20)19-11-6-4-10(18)5-7-11;/h1-3,8,10-11H,4-7,18H2,(H,19,20);1H. The molecule has 1 aliphatic rings. The van der Waals surface area contributed by atoms with E-state index in [0.717, 1.165) is 37.8 Å². The summed E-state index contributed by atoms with van der Waals surface area (Å²) in [6, 6.07) is 5.23. The number of nitrogens with one attached hydrogen (secondary N) is 1. The molecule has 2 rings (SSSR count). The van der Waals surface area contributed by atoms with Crippen molar-refractivity contribution >= 4 is 18.3 Å². The molecule has 0 unspecified atom stereocenters. The van der Waals surface area contributed by atoms with Crippen LogP contribution >= 0.6 is 12.4 Å². The van der Waals surface area contributed by atoms with Gasteiger partial charge in [0.05, 0.1) is 0 Å². The van der Waals surface area contributed by atoms with Crippen molar-refractivity contribution in [3.05, 3.63) is 29.8 Å². The van der Waals surface area contributed by atoms with E-state index in [4.69, 9.17) is 5.73 Å². The molecule has 0 aromatic heterocycles. The lowest BCUT2D eigenvalue weighted by Gasteiger charge is -2.26. The minimum Gasteiger partial charge on any atom is -0.406 e. The molecule has 0 atom stereocenters. The van der Waals surface area contributed by atoms with Crippen LogP contribution in [0.25, 0.3) is 0 Å². The van der Waals surface area contributed by atoms with Gasteiger partial charge in [-0.25, -0.2) is 0 Å². The fraction of sp³-hybridized carbons (Fsp3) is 0.500. The molecule has 0 saturated heterocycles. The van der Waals surface area contributed by atoms with Crippen LogP contribution in [0.4, 0.5) is 13.2 Å². The summed E-state index contributed by atoms with van der Waals surface area (Å²) in [5.74, 6) is -0.802. The molecule has 1 aromatic rings. The van der Waals surface area contributed by atoms with E-state index in [0.29, 0.717) is 0 Å². The van der Waals surface area contributed by atoms with Crippen LogP contribution in [0.15, 0.2) is 24.3 Å². The molecule has 4 nitrogen and oxygen atoms in total. The first-order chi connectivity index (χ1) is 9.83. The van der Waals surface area contributed by atoms with Gasteiger partial charge >= 0.3 is 6.36 Å². The number of hydrogen-bond acceptors (Lipinski definition) is 3. The van der Waals surface area contributed by atoms with E-state index in [1.165, 1.54) is 12.1 Å². The molecule has 0 radical (unpaired) electrons. The molecule has 0 spiro atoms. The van der Waals surface area contributed by atoms with Gasteiger partial charge in [0.2, 0.25) is 0 Å². The first kappa shape index (κ1) is 18.6. The van der Waals surface area contributed by atoms with E-state index in [-0.39, 0.29) is 30.1 Å². The summed E-state index contributed by atoms with van der Waals surface area (Å²) in [5.41, 5.74) is 5.93. The lowest BCUT2D eigenvalue weighted by Crippen LogP contribution is -2.40. The van der Waals surface area contributed by atoms with Gasteiger partial charge in [0.1, 0.15) is 5.75 Å². The fourth-order valence-electron chi connectivity index (χ4n) is 2.37. The van der Waals surface area contributed by atoms with Crippen LogP contribution < -0.4 is 15.8 Å². The number of rotatable bonds is 3. The predicted molar refractivity (Wildman–Crippen MR) is 78.1 cm³/mol. The first-order valence-electron chi connectivity index (χ1n) is 6.76. The van der Waals surface area contributed by atoms with E-state index in [1.807, 2.05) is 0 Å². The largest absolute Gasteiger partial charge is 0.573 e. The van der Waals surface area contributed by atoms with Crippen molar-refractivity contribution in [1.29, 1.82) is 0 Å². The summed E-state index contributed by atoms with van der Waals surface area (Å²) in [6.07, 6.45) is -1.53. The van der Waals surface area contributed by atoms with Crippen molar-refractivity contribution in [3.8, 4) is 5.75 Å². The quantitative estimate of drug-likeness (QED) is 0.890. The highest BCUT2D eigenvalue weighted by Gasteiger charge is 2.31. The van der Waals surface area contributed by atoms with Gasteiger partial charge in [0.25, 0.3) is 5.91 Å². The van der Waals surface area contributed by atoms with Crippen LogP contribution in [0.5, 0.6) is 5.75 Å². The Hall–Kier alpha value is -1.47. The Bertz CT molecular complexity index is 503. The summed E-state index contributed by atoms with van der Waals surface area (Å²) >= 11 is 0. The summed E-state index contributed by atoms with van der Waals surface area (Å²) in [6.45, 7) is 0. The van der Waals surface area contributed by atoms with E-state index in [2.05, 4.69) is 10.1 Å². The Morgan fingerprint density at radius 1 is 1.23 bits per heavy atom. The Morgan fingerprint density at radius 2 is 1.86 bits per heavy atom. The molecule has 8 heteroatoms. The molecule has 3 N–H and O–H groups in total. The molecule has 1 aromatic carbocycles. The molecule has 1 amide bonds. The normalized spacial score (nSPS) is 21.6. The van der Waals surface area contributed by atoms with Crippen LogP contribution in [-0.4, -0.2) is 24.4 Å². The second kappa shape index (κ2) is 7.69. The monoisotopic (exact) mass is 338 g/mol. The number of halogens is 4. The van der Waals surface area contributed by atoms with Crippen LogP contribution in [0.2, 0.25) is 0 Å². The molecular formula is C14H18ClF3N2O2. The van der Waals surface area contributed by atoms with E-state index in [1.54, 1.807) is 0 Å². The van der Waals surface area contributed by atoms with Crippen molar-refractivity contribution in [2.75, 3.05) is 0 Å². The Kier molecular flexibility index (Phi) is 6.49. The molecule has 1 saturated carbocycles. The van der Waals surface area contributed by atoms with Crippen molar-refractivity contribution in [2.24, 2.45) is 5.73 Å². The van der Waals surface area contributed by atoms with Gasteiger partial charge in [-0.15, -0.1) is 25.6 Å². The van der Waals surface area contributed by atoms with Crippen LogP contribution in [0.3, 0.4) is 0 Å². The van der Waals surface area contributed by atoms with Gasteiger partial charge in [-0.1, -0.05) is 6.07 Å². The first-order valence-corrected chi connectivity index (χ1v) is 6.76. The second-order valence-electron chi connectivity index (χ2n) is 5.16. The van der Waals surface area contributed by atoms with Crippen molar-refractivity contribution < 1.29 is 22.7 Å². The topological polar surface area (TPSA) is 64.3 Å². The molecule has 0 aliphatic heterocycles. The molecule has 1 fully saturated rings. The van der Waals surface area contributed by atoms with Gasteiger partial charge in [-0.05, 0) is 43.9 Å². The number of carbonyl (C=O) groups excluding carboxylic acids is 1. The highest BCUT2D eigenvalue weighted by atomic mass is 35.5. The number of nitrogens with two attached hydrogens (primary N) is 1. The zero-order valence-electron chi connectivity index (χ0n) is 11.7. The average molecular weight is 339 g/mol. The second-order valence-corrected chi connectivity index (χ2v) is 5.16. The third-order valence-corrected chi connectivity index (χ3v) is 3.44. The highest BCUT2D eigenvalue weighted by Crippen LogP contribution is 2.23. The van der Waals surface area contributed by atoms with Gasteiger partial charge in [-0.3, -0.25) is 4.79 Å². The zero-order chi connectivity index (χ0) is 15.5. The molecule has 1 aliphatic carbocycles. The van der Waals surface area contributed by atoms with Crippen molar-refractivity contribution in [2.45, 2.75) is 44.1 Å². The number of ether oxygens (including phenoxy) is 1. The van der Waals surface area contributed by atoms with Crippen LogP contribution in [0, 0.1) is 0 Å². The third kappa shape index (κ3) is 5.73. The SMILES string of the molecule is Cl.NC1CCC(NC(=O)c2cccc(OC(F)(F)F)c2)CC1. The molecule has 0 bridgehead atoms. The number of carbonyl (C=O) groups is 1. The summed E-state index contributed by atoms with van der Waals surface area (Å²) < 4.78 is 40.2. The number of alkyl halides is 3. The maximum absolute atomic E-state index is 12.1. The maximum atomic E-state index is 12.1. The fourth-order valence-corrected chi connectivity index (χ4v) is 2.37. The highest BCUT2D eigenvalue weighted by molar-refractivity contribution is 5.94. The lowest BCUT2D eigenvalue weighted by molar-refractivity contribution is -0.274. The van der Waals surface area contributed by atoms with E-state index < -0.39 is 18.0 Å². The lowest BCUT2D eigenvalue weighted by atomic mass is 9.91. The van der Waals surface area contributed by atoms with Gasteiger partial charge in [0, 0.05) is 17.6 Å². The Morgan fingerprint density at radius 3 is 2.45 bits per heavy atom. The summed E-state index contributed by atoms with van der Waals surface area (Å²) in [7, 11) is 0. The minimum absolute atomic E-state index is 0. The Balaban J connectivity index is 0.00000242. The number of amides is 1. The zero-order valence-corrected chi connectivity index (χ0v) is 12.5. The maximum Gasteiger partial charge on any atom is 0.573 e.